The molecule has 319 valence electrons. The molecule has 3 aromatic carbocycles. The average Bonchev–Trinajstić information content (AvgIpc) is 3.42. The normalized spacial score (nSPS) is 18.6. The minimum absolute atomic E-state index is 0. The first-order chi connectivity index (χ1) is 27.3. The molecule has 2 aromatic heterocycles. The Morgan fingerprint density at radius 2 is 1.35 bits per heavy atom. The topological polar surface area (TPSA) is 128 Å². The molecule has 0 fully saturated rings. The number of pyridine rings is 2. The maximum Gasteiger partial charge on any atom is 0.273 e. The summed E-state index contributed by atoms with van der Waals surface area (Å²) in [5.74, 6) is 0.505. The van der Waals surface area contributed by atoms with Crippen molar-refractivity contribution < 1.29 is 41.6 Å². The number of aliphatic hydroxyl groups excluding tert-OH is 1. The number of benzene rings is 3. The van der Waals surface area contributed by atoms with Crippen LogP contribution in [0, 0.1) is 16.7 Å². The second-order valence-corrected chi connectivity index (χ2v) is 20.8. The van der Waals surface area contributed by atoms with E-state index in [2.05, 4.69) is 68.5 Å². The minimum atomic E-state index is -0.699. The Bertz CT molecular complexity index is 2540. The zero-order valence-electron chi connectivity index (χ0n) is 36.9. The predicted octanol–water partition coefficient (Wildman–Crippen LogP) is 12.1. The maximum absolute atomic E-state index is 11.9. The van der Waals surface area contributed by atoms with Gasteiger partial charge < -0.3 is 25.0 Å². The molecule has 60 heavy (non-hydrogen) atoms. The average molecular weight is 874 g/mol. The van der Waals surface area contributed by atoms with Gasteiger partial charge in [0.15, 0.2) is 23.0 Å². The Balaban J connectivity index is 0.000000181. The van der Waals surface area contributed by atoms with Crippen LogP contribution in [0.2, 0.25) is 0 Å². The van der Waals surface area contributed by atoms with Crippen LogP contribution in [0.5, 0.6) is 17.2 Å². The van der Waals surface area contributed by atoms with Gasteiger partial charge in [0.2, 0.25) is 5.78 Å². The van der Waals surface area contributed by atoms with Crippen LogP contribution in [-0.2, 0) is 32.4 Å². The number of hydrogen-bond acceptors (Lipinski definition) is 10. The quantitative estimate of drug-likeness (QED) is 0.103. The van der Waals surface area contributed by atoms with Gasteiger partial charge in [-0.15, -0.1) is 0 Å². The number of fused-ring (bicyclic) bond motifs is 7. The number of hydrogen-bond donors (Lipinski definition) is 3. The first-order valence-corrected chi connectivity index (χ1v) is 20.8. The van der Waals surface area contributed by atoms with Gasteiger partial charge >= 0.3 is 0 Å². The summed E-state index contributed by atoms with van der Waals surface area (Å²) in [4.78, 5) is 29.2. The van der Waals surface area contributed by atoms with Crippen LogP contribution >= 0.6 is 11.8 Å². The van der Waals surface area contributed by atoms with Gasteiger partial charge in [0.25, 0.3) is 5.06 Å². The molecule has 2 aliphatic heterocycles. The van der Waals surface area contributed by atoms with Crippen molar-refractivity contribution in [1.29, 1.82) is 0 Å². The fourth-order valence-electron chi connectivity index (χ4n) is 7.18. The summed E-state index contributed by atoms with van der Waals surface area (Å²) in [7, 11) is 2.04. The number of allylic oxidation sites excluding steroid dienone is 3. The molecule has 0 amide bonds. The number of para-hydroxylation sites is 1. The zero-order valence-corrected chi connectivity index (χ0v) is 38.8. The molecule has 0 saturated carbocycles. The zero-order chi connectivity index (χ0) is 43.5. The maximum atomic E-state index is 11.9. The molecule has 5 aromatic rings. The number of carbonyl (C=O) groups excluding carboxylic acids is 1. The van der Waals surface area contributed by atoms with Crippen molar-refractivity contribution in [3.63, 3.8) is 0 Å². The second-order valence-electron chi connectivity index (χ2n) is 19.6. The molecule has 1 aliphatic carbocycles. The Morgan fingerprint density at radius 1 is 0.750 bits per heavy atom. The minimum Gasteiger partial charge on any atom is -0.504 e. The summed E-state index contributed by atoms with van der Waals surface area (Å²) in [6, 6.07) is 19.8. The molecular weight excluding hydrogens is 816 g/mol. The van der Waals surface area contributed by atoms with Crippen LogP contribution in [0.15, 0.2) is 106 Å². The van der Waals surface area contributed by atoms with Crippen molar-refractivity contribution in [2.24, 2.45) is 21.7 Å². The first-order valence-electron chi connectivity index (χ1n) is 20.0. The number of thioether (sulfide) groups is 1. The molecule has 2 unspecified atom stereocenters. The van der Waals surface area contributed by atoms with E-state index < -0.39 is 5.06 Å². The third-order valence-electron chi connectivity index (χ3n) is 10.8. The number of nitrogens with zero attached hydrogens (tertiary/aromatic N) is 4. The van der Waals surface area contributed by atoms with Crippen LogP contribution in [0.4, 0.5) is 11.4 Å². The van der Waals surface area contributed by atoms with Gasteiger partial charge in [-0.25, -0.2) is 4.99 Å². The van der Waals surface area contributed by atoms with Gasteiger partial charge in [-0.05, 0) is 87.5 Å². The standard InChI is InChI=1S/C21H14N4OS.2C14H22O2.Co/c1-25-15-8-2-3-9-16(15)27-21(25)12-24-19-13-6-4-10-22-17(13)18-14(20(19)26-21)7-5-11-23-18;2*1-13(2,3)9-7-10(14(4,5)6)12(16)11(15)8-9;/h2-12H,1H3;7-8,15-16H,1-6H3;7-9,15H,1-6H3;. The number of rotatable bonds is 0. The van der Waals surface area contributed by atoms with Crippen molar-refractivity contribution in [1.82, 2.24) is 9.97 Å². The van der Waals surface area contributed by atoms with E-state index in [4.69, 9.17) is 9.73 Å². The number of aliphatic imine (C=N–C) groups is 1. The van der Waals surface area contributed by atoms with Crippen LogP contribution in [0.25, 0.3) is 21.8 Å². The number of aromatic nitrogens is 2. The van der Waals surface area contributed by atoms with Crippen LogP contribution in [-0.4, -0.2) is 49.4 Å². The third kappa shape index (κ3) is 9.09. The van der Waals surface area contributed by atoms with Crippen molar-refractivity contribution in [3.05, 3.63) is 108 Å². The van der Waals surface area contributed by atoms with Gasteiger partial charge in [-0.2, -0.15) is 0 Å². The second kappa shape index (κ2) is 16.6. The van der Waals surface area contributed by atoms with E-state index >= 15 is 0 Å². The monoisotopic (exact) mass is 873 g/mol. The molecule has 9 nitrogen and oxygen atoms in total. The van der Waals surface area contributed by atoms with Gasteiger partial charge in [0, 0.05) is 68.9 Å². The van der Waals surface area contributed by atoms with E-state index in [0.29, 0.717) is 5.57 Å². The van der Waals surface area contributed by atoms with E-state index in [1.807, 2.05) is 103 Å². The molecule has 3 aliphatic rings. The molecule has 0 bridgehead atoms. The van der Waals surface area contributed by atoms with Gasteiger partial charge in [0.1, 0.15) is 11.2 Å². The number of carbonyl (C=O) groups is 1. The number of Topliss-reactive ketones (excluding diaryl/α,β-unsaturated/α-hetero) is 1. The van der Waals surface area contributed by atoms with Crippen molar-refractivity contribution in [3.8, 4) is 17.2 Å². The number of phenols is 2. The number of ketones is 1. The predicted molar refractivity (Wildman–Crippen MR) is 243 cm³/mol. The third-order valence-corrected chi connectivity index (χ3v) is 12.2. The molecule has 8 rings (SSSR count). The number of aliphatic hydroxyl groups is 1. The Hall–Kier alpha value is -4.84. The largest absolute Gasteiger partial charge is 0.504 e. The summed E-state index contributed by atoms with van der Waals surface area (Å²) in [5, 5.41) is 30.5. The number of anilines is 1. The van der Waals surface area contributed by atoms with E-state index in [1.165, 1.54) is 4.90 Å². The van der Waals surface area contributed by atoms with Gasteiger partial charge in [-0.3, -0.25) is 14.8 Å². The molecule has 4 heterocycles. The number of phenolic OH excluding ortho intramolecular Hbond substituents is 2. The Morgan fingerprint density at radius 3 is 1.92 bits per heavy atom. The summed E-state index contributed by atoms with van der Waals surface area (Å²) < 4.78 is 6.67. The van der Waals surface area contributed by atoms with E-state index in [-0.39, 0.29) is 67.4 Å². The van der Waals surface area contributed by atoms with Crippen molar-refractivity contribution >= 4 is 56.9 Å². The molecule has 3 N–H and O–H groups in total. The molecule has 0 saturated heterocycles. The number of aromatic hydroxyl groups is 2. The number of ether oxygens (including phenoxy) is 1. The van der Waals surface area contributed by atoms with Gasteiger partial charge in [0.05, 0.1) is 17.4 Å². The smallest absolute Gasteiger partial charge is 0.273 e. The van der Waals surface area contributed by atoms with Crippen LogP contribution in [0.3, 0.4) is 0 Å². The molecule has 2 atom stereocenters. The SMILES string of the molecule is CC(C)(C)C1=CC(C(C)(C)C)C=C(O)C1=O.CC(C)(C)c1cc(O)c(O)c(C(C)(C)C)c1.CN1c2ccccc2SC12C=Nc1c(c3cccnc3c3ncccc13)O2.[Co]. The summed E-state index contributed by atoms with van der Waals surface area (Å²) in [5.41, 5.74) is 5.76. The summed E-state index contributed by atoms with van der Waals surface area (Å²) >= 11 is 1.66. The molecule has 1 radical (unpaired) electrons. The Labute approximate surface area is 369 Å². The van der Waals surface area contributed by atoms with E-state index in [0.717, 1.165) is 50.1 Å². The molecule has 11 heteroatoms. The van der Waals surface area contributed by atoms with Gasteiger partial charge in [-0.1, -0.05) is 107 Å². The first kappa shape index (κ1) is 46.2. The fourth-order valence-corrected chi connectivity index (χ4v) is 8.42. The molecule has 1 spiro atoms. The van der Waals surface area contributed by atoms with Crippen molar-refractivity contribution in [2.45, 2.75) is 104 Å². The van der Waals surface area contributed by atoms with E-state index in [9.17, 15) is 20.1 Å². The van der Waals surface area contributed by atoms with Crippen LogP contribution in [0.1, 0.15) is 94.2 Å². The van der Waals surface area contributed by atoms with Crippen LogP contribution < -0.4 is 9.64 Å². The summed E-state index contributed by atoms with van der Waals surface area (Å²) in [6.07, 6.45) is 9.14. The Kier molecular flexibility index (Phi) is 12.8. The summed E-state index contributed by atoms with van der Waals surface area (Å²) in [6.45, 7) is 24.6. The fraction of sp³-hybridized carbons (Fsp3) is 0.388. The van der Waals surface area contributed by atoms with Crippen molar-refractivity contribution in [2.75, 3.05) is 11.9 Å². The van der Waals surface area contributed by atoms with E-state index in [1.54, 1.807) is 36.3 Å². The molecular formula is C49H58CoN4O5S.